The maximum Gasteiger partial charge on any atom is 0.422 e. The van der Waals surface area contributed by atoms with Crippen LogP contribution in [0.25, 0.3) is 0 Å². The lowest BCUT2D eigenvalue weighted by molar-refractivity contribution is 0.0498. The van der Waals surface area contributed by atoms with Crippen LogP contribution in [0, 0.1) is 0 Å². The summed E-state index contributed by atoms with van der Waals surface area (Å²) in [6.07, 6.45) is 0.195. The van der Waals surface area contributed by atoms with E-state index in [2.05, 4.69) is 15.6 Å². The van der Waals surface area contributed by atoms with Crippen LogP contribution in [-0.4, -0.2) is 31.3 Å². The molecule has 6 heteroatoms. The summed E-state index contributed by atoms with van der Waals surface area (Å²) in [5.74, 6) is -0.355. The van der Waals surface area contributed by atoms with Gasteiger partial charge in [0.1, 0.15) is 5.60 Å². The van der Waals surface area contributed by atoms with Crippen molar-refractivity contribution in [2.75, 3.05) is 13.7 Å². The van der Waals surface area contributed by atoms with Crippen LogP contribution in [0.4, 0.5) is 4.79 Å². The van der Waals surface area contributed by atoms with Crippen molar-refractivity contribution in [1.29, 1.82) is 0 Å². The first-order valence-electron chi connectivity index (χ1n) is 6.71. The van der Waals surface area contributed by atoms with Crippen LogP contribution in [0.15, 0.2) is 24.3 Å². The second-order valence-electron chi connectivity index (χ2n) is 5.49. The highest BCUT2D eigenvalue weighted by Gasteiger charge is 2.15. The van der Waals surface area contributed by atoms with E-state index in [9.17, 15) is 9.59 Å². The van der Waals surface area contributed by atoms with Crippen LogP contribution in [-0.2, 0) is 15.9 Å². The molecule has 0 aromatic heterocycles. The molecule has 116 valence electrons. The van der Waals surface area contributed by atoms with Crippen molar-refractivity contribution < 1.29 is 19.1 Å². The maximum absolute atomic E-state index is 11.4. The van der Waals surface area contributed by atoms with Crippen molar-refractivity contribution >= 4 is 12.1 Å². The van der Waals surface area contributed by atoms with E-state index in [1.807, 2.05) is 12.1 Å². The first-order chi connectivity index (χ1) is 9.81. The maximum atomic E-state index is 11.4. The number of hydrogen-bond donors (Lipinski definition) is 2. The SMILES string of the molecule is COC(=O)c1ccc(CCNNC(=O)OC(C)(C)C)cc1. The highest BCUT2D eigenvalue weighted by atomic mass is 16.6. The van der Waals surface area contributed by atoms with E-state index in [1.165, 1.54) is 7.11 Å². The van der Waals surface area contributed by atoms with Crippen molar-refractivity contribution in [2.45, 2.75) is 32.8 Å². The minimum atomic E-state index is -0.518. The summed E-state index contributed by atoms with van der Waals surface area (Å²) in [5, 5.41) is 0. The third-order valence-electron chi connectivity index (χ3n) is 2.50. The van der Waals surface area contributed by atoms with Gasteiger partial charge in [-0.05, 0) is 44.9 Å². The molecule has 21 heavy (non-hydrogen) atoms. The Morgan fingerprint density at radius 2 is 1.76 bits per heavy atom. The zero-order chi connectivity index (χ0) is 15.9. The lowest BCUT2D eigenvalue weighted by Gasteiger charge is -2.19. The summed E-state index contributed by atoms with van der Waals surface area (Å²) in [6, 6.07) is 7.12. The molecule has 0 radical (unpaired) electrons. The number of carbonyl (C=O) groups excluding carboxylic acids is 2. The summed E-state index contributed by atoms with van der Waals surface area (Å²) in [4.78, 5) is 22.7. The minimum absolute atomic E-state index is 0.355. The molecule has 1 amide bonds. The molecule has 0 heterocycles. The van der Waals surface area contributed by atoms with E-state index < -0.39 is 11.7 Å². The number of carbonyl (C=O) groups is 2. The Morgan fingerprint density at radius 3 is 2.29 bits per heavy atom. The molecule has 0 fully saturated rings. The van der Waals surface area contributed by atoms with Gasteiger partial charge in [-0.15, -0.1) is 0 Å². The standard InChI is InChI=1S/C15H22N2O4/c1-15(2,3)21-14(19)17-16-10-9-11-5-7-12(8-6-11)13(18)20-4/h5-8,16H,9-10H2,1-4H3,(H,17,19). The monoisotopic (exact) mass is 294 g/mol. The topological polar surface area (TPSA) is 76.7 Å². The van der Waals surface area contributed by atoms with Crippen molar-refractivity contribution in [3.8, 4) is 0 Å². The van der Waals surface area contributed by atoms with Gasteiger partial charge < -0.3 is 9.47 Å². The number of benzene rings is 1. The number of rotatable bonds is 5. The molecule has 0 spiro atoms. The Morgan fingerprint density at radius 1 is 1.14 bits per heavy atom. The molecule has 0 atom stereocenters. The van der Waals surface area contributed by atoms with Gasteiger partial charge in [-0.3, -0.25) is 5.43 Å². The molecule has 0 aliphatic rings. The first-order valence-corrected chi connectivity index (χ1v) is 6.71. The van der Waals surface area contributed by atoms with Gasteiger partial charge >= 0.3 is 12.1 Å². The van der Waals surface area contributed by atoms with E-state index in [-0.39, 0.29) is 5.97 Å². The molecule has 0 saturated heterocycles. The lowest BCUT2D eigenvalue weighted by Crippen LogP contribution is -2.41. The molecule has 2 N–H and O–H groups in total. The number of ether oxygens (including phenoxy) is 2. The second-order valence-corrected chi connectivity index (χ2v) is 5.49. The molecule has 1 aromatic carbocycles. The molecule has 0 bridgehead atoms. The van der Waals surface area contributed by atoms with E-state index >= 15 is 0 Å². The van der Waals surface area contributed by atoms with Crippen LogP contribution in [0.5, 0.6) is 0 Å². The van der Waals surface area contributed by atoms with E-state index in [0.717, 1.165) is 5.56 Å². The van der Waals surface area contributed by atoms with E-state index in [0.29, 0.717) is 18.5 Å². The Balaban J connectivity index is 2.30. The number of nitrogens with one attached hydrogen (secondary N) is 2. The van der Waals surface area contributed by atoms with Gasteiger partial charge in [0.15, 0.2) is 0 Å². The first kappa shape index (κ1) is 17.0. The highest BCUT2D eigenvalue weighted by molar-refractivity contribution is 5.89. The van der Waals surface area contributed by atoms with Gasteiger partial charge in [0.05, 0.1) is 12.7 Å². The highest BCUT2D eigenvalue weighted by Crippen LogP contribution is 2.07. The van der Waals surface area contributed by atoms with Gasteiger partial charge in [0.25, 0.3) is 0 Å². The average molecular weight is 294 g/mol. The molecule has 6 nitrogen and oxygen atoms in total. The Bertz CT molecular complexity index is 477. The minimum Gasteiger partial charge on any atom is -0.465 e. The van der Waals surface area contributed by atoms with Crippen molar-refractivity contribution in [3.05, 3.63) is 35.4 Å². The number of methoxy groups -OCH3 is 1. The number of hydrogen-bond acceptors (Lipinski definition) is 5. The Kier molecular flexibility index (Phi) is 6.17. The average Bonchev–Trinajstić information content (AvgIpc) is 2.41. The van der Waals surface area contributed by atoms with Crippen LogP contribution in [0.1, 0.15) is 36.7 Å². The zero-order valence-electron chi connectivity index (χ0n) is 12.9. The smallest absolute Gasteiger partial charge is 0.422 e. The molecule has 0 aliphatic carbocycles. The largest absolute Gasteiger partial charge is 0.465 e. The lowest BCUT2D eigenvalue weighted by atomic mass is 10.1. The van der Waals surface area contributed by atoms with Crippen molar-refractivity contribution in [1.82, 2.24) is 10.9 Å². The normalized spacial score (nSPS) is 10.9. The van der Waals surface area contributed by atoms with E-state index in [4.69, 9.17) is 4.74 Å². The summed E-state index contributed by atoms with van der Waals surface area (Å²) in [7, 11) is 1.35. The third kappa shape index (κ3) is 6.76. The van der Waals surface area contributed by atoms with Crippen LogP contribution in [0.2, 0.25) is 0 Å². The second kappa shape index (κ2) is 7.64. The Labute approximate surface area is 124 Å². The molecule has 0 aliphatic heterocycles. The van der Waals surface area contributed by atoms with Gasteiger partial charge in [-0.1, -0.05) is 12.1 Å². The fourth-order valence-corrected chi connectivity index (χ4v) is 1.57. The number of esters is 1. The Hall–Kier alpha value is -2.08. The summed E-state index contributed by atoms with van der Waals surface area (Å²) in [6.45, 7) is 5.96. The summed E-state index contributed by atoms with van der Waals surface area (Å²) >= 11 is 0. The van der Waals surface area contributed by atoms with Gasteiger partial charge in [0.2, 0.25) is 0 Å². The van der Waals surface area contributed by atoms with Crippen LogP contribution >= 0.6 is 0 Å². The summed E-state index contributed by atoms with van der Waals surface area (Å²) in [5.41, 5.74) is 6.29. The van der Waals surface area contributed by atoms with Gasteiger partial charge in [-0.25, -0.2) is 15.0 Å². The van der Waals surface area contributed by atoms with Crippen LogP contribution < -0.4 is 10.9 Å². The molecule has 0 saturated carbocycles. The number of hydrazine groups is 1. The van der Waals surface area contributed by atoms with Crippen LogP contribution in [0.3, 0.4) is 0 Å². The predicted molar refractivity (Wildman–Crippen MR) is 78.9 cm³/mol. The third-order valence-corrected chi connectivity index (χ3v) is 2.50. The molecule has 1 rings (SSSR count). The molecule has 0 unspecified atom stereocenters. The molecular formula is C15H22N2O4. The fourth-order valence-electron chi connectivity index (χ4n) is 1.57. The summed E-state index contributed by atoms with van der Waals surface area (Å²) < 4.78 is 9.71. The zero-order valence-corrected chi connectivity index (χ0v) is 12.9. The quantitative estimate of drug-likeness (QED) is 0.494. The molecular weight excluding hydrogens is 272 g/mol. The number of amides is 1. The fraction of sp³-hybridized carbons (Fsp3) is 0.467. The predicted octanol–water partition coefficient (Wildman–Crippen LogP) is 2.04. The van der Waals surface area contributed by atoms with E-state index in [1.54, 1.807) is 32.9 Å². The molecule has 1 aromatic rings. The van der Waals surface area contributed by atoms with Crippen molar-refractivity contribution in [2.24, 2.45) is 0 Å². The van der Waals surface area contributed by atoms with Gasteiger partial charge in [-0.2, -0.15) is 0 Å². The van der Waals surface area contributed by atoms with Crippen molar-refractivity contribution in [3.63, 3.8) is 0 Å². The van der Waals surface area contributed by atoms with Gasteiger partial charge in [0, 0.05) is 6.54 Å².